The van der Waals surface area contributed by atoms with Gasteiger partial charge in [-0.25, -0.2) is 0 Å². The fourth-order valence-electron chi connectivity index (χ4n) is 1.88. The smallest absolute Gasteiger partial charge is 0.251 e. The van der Waals surface area contributed by atoms with Crippen molar-refractivity contribution >= 4 is 12.2 Å². The number of rotatable bonds is 1. The minimum atomic E-state index is 0.0337. The van der Waals surface area contributed by atoms with Gasteiger partial charge in [-0.3, -0.25) is 4.79 Å². The van der Waals surface area contributed by atoms with E-state index >= 15 is 0 Å². The molecule has 1 aromatic rings. The monoisotopic (exact) mass is 215 g/mol. The number of H-pyrrole nitrogens is 1. The quantitative estimate of drug-likeness (QED) is 0.755. The highest BCUT2D eigenvalue weighted by atomic mass is 16.1. The zero-order valence-electron chi connectivity index (χ0n) is 10.0. The molecule has 0 aliphatic heterocycles. The average molecular weight is 215 g/mol. The zero-order chi connectivity index (χ0) is 11.7. The fourth-order valence-corrected chi connectivity index (χ4v) is 1.88. The molecule has 0 amide bonds. The summed E-state index contributed by atoms with van der Waals surface area (Å²) < 4.78 is 0. The first kappa shape index (κ1) is 10.9. The molecule has 2 nitrogen and oxygen atoms in total. The maximum absolute atomic E-state index is 11.8. The Morgan fingerprint density at radius 3 is 2.75 bits per heavy atom. The molecule has 2 rings (SSSR count). The fraction of sp³-hybridized carbons (Fsp3) is 0.357. The second kappa shape index (κ2) is 4.12. The van der Waals surface area contributed by atoms with Gasteiger partial charge >= 0.3 is 0 Å². The minimum Gasteiger partial charge on any atom is -0.322 e. The number of nitrogens with one attached hydrogen (secondary N) is 1. The van der Waals surface area contributed by atoms with Crippen LogP contribution in [0.5, 0.6) is 0 Å². The van der Waals surface area contributed by atoms with Crippen LogP contribution in [0.3, 0.4) is 0 Å². The summed E-state index contributed by atoms with van der Waals surface area (Å²) in [4.78, 5) is 14.8. The van der Waals surface area contributed by atoms with E-state index in [9.17, 15) is 4.79 Å². The number of hydrogen-bond donors (Lipinski definition) is 1. The van der Waals surface area contributed by atoms with Crippen LogP contribution in [0.15, 0.2) is 22.5 Å². The lowest BCUT2D eigenvalue weighted by Crippen LogP contribution is -2.36. The Labute approximate surface area is 95.0 Å². The van der Waals surface area contributed by atoms with Gasteiger partial charge in [-0.05, 0) is 36.6 Å². The van der Waals surface area contributed by atoms with Crippen molar-refractivity contribution in [3.63, 3.8) is 0 Å². The van der Waals surface area contributed by atoms with Gasteiger partial charge in [0, 0.05) is 10.9 Å². The van der Waals surface area contributed by atoms with E-state index in [0.717, 1.165) is 22.6 Å². The predicted octanol–water partition coefficient (Wildman–Crippen LogP) is 1.41. The molecule has 0 bridgehead atoms. The Morgan fingerprint density at radius 1 is 1.31 bits per heavy atom. The Bertz CT molecular complexity index is 603. The molecule has 0 atom stereocenters. The molecule has 84 valence electrons. The van der Waals surface area contributed by atoms with Gasteiger partial charge in [0.15, 0.2) is 0 Å². The topological polar surface area (TPSA) is 32.9 Å². The highest BCUT2D eigenvalue weighted by Crippen LogP contribution is 2.06. The Kier molecular flexibility index (Phi) is 2.82. The number of fused-ring (bicyclic) bond motifs is 1. The molecule has 0 aromatic carbocycles. The molecule has 16 heavy (non-hydrogen) atoms. The highest BCUT2D eigenvalue weighted by molar-refractivity contribution is 5.45. The van der Waals surface area contributed by atoms with Crippen LogP contribution in [0.2, 0.25) is 0 Å². The second-order valence-corrected chi connectivity index (χ2v) is 4.67. The van der Waals surface area contributed by atoms with Gasteiger partial charge in [0.25, 0.3) is 5.56 Å². The van der Waals surface area contributed by atoms with Gasteiger partial charge in [0.1, 0.15) is 0 Å². The Hall–Kier alpha value is -1.57. The van der Waals surface area contributed by atoms with Gasteiger partial charge in [-0.15, -0.1) is 0 Å². The van der Waals surface area contributed by atoms with E-state index in [2.05, 4.69) is 24.1 Å². The molecule has 0 saturated carbocycles. The maximum atomic E-state index is 11.8. The van der Waals surface area contributed by atoms with Crippen LogP contribution in [0, 0.1) is 0 Å². The second-order valence-electron chi connectivity index (χ2n) is 4.67. The lowest BCUT2D eigenvalue weighted by molar-refractivity contribution is 0.837. The summed E-state index contributed by atoms with van der Waals surface area (Å²) in [5.74, 6) is 0.264. The van der Waals surface area contributed by atoms with Gasteiger partial charge in [0.05, 0.1) is 0 Å². The largest absolute Gasteiger partial charge is 0.322 e. The maximum Gasteiger partial charge on any atom is 0.251 e. The summed E-state index contributed by atoms with van der Waals surface area (Å²) in [6.45, 7) is 6.18. The van der Waals surface area contributed by atoms with Crippen molar-refractivity contribution in [3.8, 4) is 0 Å². The van der Waals surface area contributed by atoms with Crippen LogP contribution in [0.1, 0.15) is 38.7 Å². The first-order valence-corrected chi connectivity index (χ1v) is 5.69. The Morgan fingerprint density at radius 2 is 2.06 bits per heavy atom. The van der Waals surface area contributed by atoms with Crippen molar-refractivity contribution in [1.82, 2.24) is 4.98 Å². The van der Waals surface area contributed by atoms with E-state index in [1.54, 1.807) is 0 Å². The van der Waals surface area contributed by atoms with Crippen LogP contribution < -0.4 is 16.1 Å². The molecule has 0 radical (unpaired) electrons. The molecule has 1 aromatic heterocycles. The van der Waals surface area contributed by atoms with E-state index in [4.69, 9.17) is 0 Å². The first-order valence-electron chi connectivity index (χ1n) is 5.69. The van der Waals surface area contributed by atoms with Crippen molar-refractivity contribution in [2.24, 2.45) is 0 Å². The zero-order valence-corrected chi connectivity index (χ0v) is 10.0. The highest BCUT2D eigenvalue weighted by Gasteiger charge is 2.05. The van der Waals surface area contributed by atoms with Crippen LogP contribution in [0.4, 0.5) is 0 Å². The third kappa shape index (κ3) is 2.01. The van der Waals surface area contributed by atoms with Crippen molar-refractivity contribution < 1.29 is 0 Å². The molecule has 1 aliphatic rings. The van der Waals surface area contributed by atoms with Crippen LogP contribution in [-0.2, 0) is 0 Å². The van der Waals surface area contributed by atoms with E-state index < -0.39 is 0 Å². The summed E-state index contributed by atoms with van der Waals surface area (Å²) in [5, 5.41) is 2.06. The van der Waals surface area contributed by atoms with E-state index in [1.165, 1.54) is 5.57 Å². The van der Waals surface area contributed by atoms with E-state index in [-0.39, 0.29) is 11.5 Å². The molecule has 1 N–H and O–H groups in total. The number of aromatic nitrogens is 1. The summed E-state index contributed by atoms with van der Waals surface area (Å²) in [6, 6.07) is 2.02. The summed E-state index contributed by atoms with van der Waals surface area (Å²) in [5.41, 5.74) is 2.21. The predicted molar refractivity (Wildman–Crippen MR) is 67.7 cm³/mol. The third-order valence-electron chi connectivity index (χ3n) is 2.93. The normalized spacial score (nSPS) is 14.6. The molecule has 1 heterocycles. The lowest BCUT2D eigenvalue weighted by Gasteiger charge is -2.03. The number of allylic oxidation sites excluding steroid dienone is 2. The van der Waals surface area contributed by atoms with Gasteiger partial charge < -0.3 is 4.98 Å². The lowest BCUT2D eigenvalue weighted by atomic mass is 10.0. The average Bonchev–Trinajstić information content (AvgIpc) is 2.40. The number of hydrogen-bond acceptors (Lipinski definition) is 1. The van der Waals surface area contributed by atoms with Crippen molar-refractivity contribution in [2.45, 2.75) is 33.1 Å². The van der Waals surface area contributed by atoms with Crippen LogP contribution in [-0.4, -0.2) is 4.98 Å². The van der Waals surface area contributed by atoms with Gasteiger partial charge in [-0.2, -0.15) is 0 Å². The molecule has 1 aliphatic carbocycles. The summed E-state index contributed by atoms with van der Waals surface area (Å²) in [7, 11) is 0. The molecule has 0 spiro atoms. The SMILES string of the molecule is CC1=CC=c2[nH]c(=O)c(C(C)C)cc2=CC1. The van der Waals surface area contributed by atoms with Crippen molar-refractivity contribution in [1.29, 1.82) is 0 Å². The molecular formula is C14H17NO. The molecule has 0 fully saturated rings. The molecule has 0 unspecified atom stereocenters. The first-order chi connectivity index (χ1) is 7.58. The summed E-state index contributed by atoms with van der Waals surface area (Å²) >= 11 is 0. The van der Waals surface area contributed by atoms with Crippen molar-refractivity contribution in [2.75, 3.05) is 0 Å². The Balaban J connectivity index is 2.73. The third-order valence-corrected chi connectivity index (χ3v) is 2.93. The molecule has 0 saturated heterocycles. The minimum absolute atomic E-state index is 0.0337. The van der Waals surface area contributed by atoms with E-state index in [0.29, 0.717) is 0 Å². The van der Waals surface area contributed by atoms with Gasteiger partial charge in [-0.1, -0.05) is 31.6 Å². The molecule has 2 heteroatoms. The van der Waals surface area contributed by atoms with Gasteiger partial charge in [0.2, 0.25) is 0 Å². The molecular weight excluding hydrogens is 198 g/mol. The number of aromatic amines is 1. The summed E-state index contributed by atoms with van der Waals surface area (Å²) in [6.07, 6.45) is 7.17. The standard InChI is InChI=1S/C14H17NO/c1-9(2)12-8-11-6-4-10(3)5-7-13(11)15-14(12)16/h5-9H,4H2,1-3H3,(H,15,16). The van der Waals surface area contributed by atoms with Crippen LogP contribution >= 0.6 is 0 Å². The van der Waals surface area contributed by atoms with E-state index in [1.807, 2.05) is 26.0 Å². The van der Waals surface area contributed by atoms with Crippen LogP contribution in [0.25, 0.3) is 12.2 Å². The van der Waals surface area contributed by atoms with Crippen molar-refractivity contribution in [3.05, 3.63) is 44.2 Å². The number of pyridine rings is 1.